The van der Waals surface area contributed by atoms with Crippen molar-refractivity contribution >= 4 is 11.9 Å². The van der Waals surface area contributed by atoms with Crippen molar-refractivity contribution in [3.63, 3.8) is 0 Å². The molecule has 0 atom stereocenters. The van der Waals surface area contributed by atoms with Gasteiger partial charge in [0, 0.05) is 0 Å². The molecule has 0 aromatic rings. The second kappa shape index (κ2) is 56.2. The van der Waals surface area contributed by atoms with Gasteiger partial charge in [-0.2, -0.15) is 0 Å². The molecule has 0 aliphatic rings. The van der Waals surface area contributed by atoms with Crippen LogP contribution in [-0.4, -0.2) is 37.4 Å². The van der Waals surface area contributed by atoms with E-state index in [1.807, 2.05) is 0 Å². The van der Waals surface area contributed by atoms with E-state index in [-0.39, 0.29) is 64.2 Å². The van der Waals surface area contributed by atoms with Crippen molar-refractivity contribution in [2.24, 2.45) is 22.9 Å². The Morgan fingerprint density at radius 2 is 0.452 bits per heavy atom. The molecule has 0 amide bonds. The third-order valence-electron chi connectivity index (χ3n) is 0. The first-order valence-electron chi connectivity index (χ1n) is 4.47. The van der Waals surface area contributed by atoms with Crippen molar-refractivity contribution < 1.29 is 88.5 Å². The van der Waals surface area contributed by atoms with Gasteiger partial charge in [-0.1, -0.05) is 0 Å². The first-order valence-corrected chi connectivity index (χ1v) is 4.47. The fourth-order valence-corrected chi connectivity index (χ4v) is 0. The standard InChI is InChI=1S/2CH5N3.5NO3.2H2O.Pr/c7*2-1(3)4;;;/h2*(H5,2,3,4);;;;;;2*1H2;/q;;5*-1;;;+3/p+4. The van der Waals surface area contributed by atoms with Crippen LogP contribution in [0.5, 0.6) is 0 Å². The van der Waals surface area contributed by atoms with E-state index < -0.39 is 25.4 Å². The SMILES string of the molecule is NC(N)=[NH2+].NC(N)=[NH2+].O=[N+]([O-])[O-].O=[N+]([O-])[O-].O=[N+]([O-])[O-].O=[N+]([O-])[O-].O=[N+]([O-])[O-].[OH3+].[OH3+].[Pr+3]. The fraction of sp³-hybridized carbons (Fsp3) is 0. The summed E-state index contributed by atoms with van der Waals surface area (Å²) in [6, 6.07) is 0. The molecule has 0 aliphatic heterocycles. The van der Waals surface area contributed by atoms with Crippen molar-refractivity contribution in [3.05, 3.63) is 76.6 Å². The van der Waals surface area contributed by atoms with Gasteiger partial charge in [0.2, 0.25) is 0 Å². The Bertz CT molecular complexity index is 323. The predicted molar refractivity (Wildman–Crippen MR) is 92.2 cm³/mol. The summed E-state index contributed by atoms with van der Waals surface area (Å²) >= 11 is 0. The molecule has 0 fully saturated rings. The average molecular weight is 609 g/mol. The summed E-state index contributed by atoms with van der Waals surface area (Å²) < 4.78 is 0. The molecule has 0 bridgehead atoms. The molecule has 0 aromatic carbocycles. The second-order valence-electron chi connectivity index (χ2n) is 2.12. The molecule has 0 unspecified atom stereocenters. The summed E-state index contributed by atoms with van der Waals surface area (Å²) in [6.45, 7) is 0. The number of nitrogens with zero attached hydrogens (tertiary/aromatic N) is 5. The number of rotatable bonds is 0. The van der Waals surface area contributed by atoms with E-state index in [1.165, 1.54) is 0 Å². The zero-order valence-electron chi connectivity index (χ0n) is 14.6. The largest absolute Gasteiger partial charge is 3.00 e. The summed E-state index contributed by atoms with van der Waals surface area (Å²) in [4.78, 5) is 41.2. The van der Waals surface area contributed by atoms with Gasteiger partial charge in [-0.15, -0.1) is 0 Å². The zero-order chi connectivity index (χ0) is 25.0. The predicted octanol–water partition coefficient (Wildman–Crippen LogP) is -9.00. The van der Waals surface area contributed by atoms with Gasteiger partial charge in [-0.05, 0) is 0 Å². The molecule has 0 radical (unpaired) electrons. The summed E-state index contributed by atoms with van der Waals surface area (Å²) in [5.41, 5.74) is 18.3. The van der Waals surface area contributed by atoms with Gasteiger partial charge in [0.15, 0.2) is 0 Å². The van der Waals surface area contributed by atoms with Crippen LogP contribution in [0.2, 0.25) is 0 Å². The number of hydrogen-bond donors (Lipinski definition) is 6. The molecule has 184 valence electrons. The van der Waals surface area contributed by atoms with Gasteiger partial charge < -0.3 is 87.6 Å². The summed E-state index contributed by atoms with van der Waals surface area (Å²) in [5, 5.41) is 82.9. The van der Waals surface area contributed by atoms with Crippen LogP contribution in [0, 0.1) is 118 Å². The molecule has 0 spiro atoms. The molecule has 0 aromatic heterocycles. The van der Waals surface area contributed by atoms with Gasteiger partial charge in [0.25, 0.3) is 0 Å². The quantitative estimate of drug-likeness (QED) is 0.0488. The van der Waals surface area contributed by atoms with Crippen molar-refractivity contribution in [1.29, 1.82) is 0 Å². The molecular weight excluding hydrogens is 591 g/mol. The van der Waals surface area contributed by atoms with Gasteiger partial charge in [-0.3, -0.25) is 33.8 Å². The summed E-state index contributed by atoms with van der Waals surface area (Å²) in [7, 11) is 0. The minimum atomic E-state index is -1.75. The topological polar surface area (TPSA) is 552 Å². The Morgan fingerprint density at radius 3 is 0.452 bits per heavy atom. The smallest absolute Gasteiger partial charge is 0.457 e. The van der Waals surface area contributed by atoms with Crippen LogP contribution in [0.15, 0.2) is 0 Å². The van der Waals surface area contributed by atoms with E-state index in [4.69, 9.17) is 76.6 Å². The third-order valence-corrected chi connectivity index (χ3v) is 0. The minimum absolute atomic E-state index is 0. The van der Waals surface area contributed by atoms with E-state index in [1.54, 1.807) is 0 Å². The molecule has 0 saturated carbocycles. The van der Waals surface area contributed by atoms with E-state index in [9.17, 15) is 0 Å². The maximum absolute atomic E-state index is 8.25. The van der Waals surface area contributed by atoms with E-state index in [2.05, 4.69) is 33.8 Å². The van der Waals surface area contributed by atoms with E-state index >= 15 is 0 Å². The maximum Gasteiger partial charge on any atom is 3.00 e. The van der Waals surface area contributed by atoms with Crippen molar-refractivity contribution in [1.82, 2.24) is 0 Å². The fourth-order valence-electron chi connectivity index (χ4n) is 0. The van der Waals surface area contributed by atoms with Gasteiger partial charge in [0.05, 0.1) is 25.4 Å². The van der Waals surface area contributed by atoms with Crippen LogP contribution in [0.25, 0.3) is 0 Å². The molecule has 29 heteroatoms. The Kier molecular flexibility index (Phi) is 115. The average Bonchev–Trinajstić information content (AvgIpc) is 2.20. The maximum atomic E-state index is 8.25. The normalized spacial score (nSPS) is 5.42. The molecule has 0 saturated heterocycles. The molecular formula is C2H18N11O17Pr+2. The Labute approximate surface area is 199 Å². The third kappa shape index (κ3) is 840. The van der Waals surface area contributed by atoms with Gasteiger partial charge >= 0.3 is 53.2 Å². The van der Waals surface area contributed by atoms with Crippen LogP contribution in [0.4, 0.5) is 0 Å². The van der Waals surface area contributed by atoms with Crippen molar-refractivity contribution in [2.45, 2.75) is 0 Å². The van der Waals surface area contributed by atoms with Crippen LogP contribution >= 0.6 is 0 Å². The Balaban J connectivity index is -0.0000000204. The zero-order valence-corrected chi connectivity index (χ0v) is 18.3. The van der Waals surface area contributed by atoms with E-state index in [0.717, 1.165) is 0 Å². The monoisotopic (exact) mass is 609 g/mol. The second-order valence-corrected chi connectivity index (χ2v) is 2.12. The number of hydrogen-bond acceptors (Lipinski definition) is 15. The van der Waals surface area contributed by atoms with Crippen molar-refractivity contribution in [3.8, 4) is 0 Å². The van der Waals surface area contributed by atoms with E-state index in [0.29, 0.717) is 0 Å². The molecule has 0 heterocycles. The Morgan fingerprint density at radius 1 is 0.452 bits per heavy atom. The first kappa shape index (κ1) is 63.2. The molecule has 28 nitrogen and oxygen atoms in total. The molecule has 0 rings (SSSR count). The summed E-state index contributed by atoms with van der Waals surface area (Å²) in [5.74, 6) is -0.167. The van der Waals surface area contributed by atoms with Crippen LogP contribution in [0.3, 0.4) is 0 Å². The van der Waals surface area contributed by atoms with Crippen LogP contribution < -0.4 is 33.8 Å². The first-order chi connectivity index (χ1) is 12.1. The molecule has 18 N–H and O–H groups in total. The summed E-state index contributed by atoms with van der Waals surface area (Å²) in [6.07, 6.45) is 0. The number of guanidine groups is 2. The minimum Gasteiger partial charge on any atom is -0.457 e. The van der Waals surface area contributed by atoms with Crippen LogP contribution in [0.1, 0.15) is 0 Å². The van der Waals surface area contributed by atoms with Gasteiger partial charge in [-0.25, -0.2) is 0 Å². The van der Waals surface area contributed by atoms with Gasteiger partial charge in [0.1, 0.15) is 0 Å². The number of nitrogens with two attached hydrogens (primary N) is 6. The molecule has 0 aliphatic carbocycles. The molecule has 31 heavy (non-hydrogen) atoms. The van der Waals surface area contributed by atoms with Crippen molar-refractivity contribution in [2.75, 3.05) is 0 Å². The Hall–Kier alpha value is -4.18. The van der Waals surface area contributed by atoms with Crippen LogP contribution in [-0.2, 0) is 11.0 Å².